The molecule has 0 aromatic heterocycles. The normalized spacial score (nSPS) is 17.4. The van der Waals surface area contributed by atoms with E-state index in [0.717, 1.165) is 0 Å². The van der Waals surface area contributed by atoms with Crippen LogP contribution < -0.4 is 16.4 Å². The fourth-order valence-electron chi connectivity index (χ4n) is 2.20. The van der Waals surface area contributed by atoms with Crippen molar-refractivity contribution < 1.29 is 18.0 Å². The SMILES string of the molecule is CCCS(=O)(=O)N1CCC(NC(=O)CNC(=O)CN)CC1. The second-order valence-corrected chi connectivity index (χ2v) is 7.13. The molecule has 0 bridgehead atoms. The van der Waals surface area contributed by atoms with Gasteiger partial charge >= 0.3 is 0 Å². The van der Waals surface area contributed by atoms with Crippen LogP contribution in [0.1, 0.15) is 26.2 Å². The lowest BCUT2D eigenvalue weighted by Gasteiger charge is -2.31. The summed E-state index contributed by atoms with van der Waals surface area (Å²) in [5.41, 5.74) is 5.12. The number of nitrogens with two attached hydrogens (primary N) is 1. The van der Waals surface area contributed by atoms with Gasteiger partial charge in [-0.15, -0.1) is 0 Å². The zero-order valence-electron chi connectivity index (χ0n) is 12.3. The number of carbonyl (C=O) groups is 2. The van der Waals surface area contributed by atoms with Crippen LogP contribution in [0.25, 0.3) is 0 Å². The van der Waals surface area contributed by atoms with E-state index in [4.69, 9.17) is 5.73 Å². The predicted molar refractivity (Wildman–Crippen MR) is 78.9 cm³/mol. The molecule has 0 atom stereocenters. The Morgan fingerprint density at radius 2 is 1.86 bits per heavy atom. The highest BCUT2D eigenvalue weighted by Gasteiger charge is 2.27. The van der Waals surface area contributed by atoms with Crippen LogP contribution in [0.2, 0.25) is 0 Å². The molecule has 0 aliphatic carbocycles. The van der Waals surface area contributed by atoms with Gasteiger partial charge in [0.25, 0.3) is 0 Å². The number of hydrogen-bond donors (Lipinski definition) is 3. The van der Waals surface area contributed by atoms with E-state index in [1.807, 2.05) is 6.92 Å². The summed E-state index contributed by atoms with van der Waals surface area (Å²) in [5, 5.41) is 5.18. The summed E-state index contributed by atoms with van der Waals surface area (Å²) in [6, 6.07) is -0.0552. The first kappa shape index (κ1) is 17.9. The number of nitrogens with zero attached hydrogens (tertiary/aromatic N) is 1. The molecule has 1 rings (SSSR count). The third kappa shape index (κ3) is 5.98. The Kier molecular flexibility index (Phi) is 7.06. The van der Waals surface area contributed by atoms with E-state index in [-0.39, 0.29) is 36.7 Å². The van der Waals surface area contributed by atoms with Crippen molar-refractivity contribution in [3.8, 4) is 0 Å². The lowest BCUT2D eigenvalue weighted by Crippen LogP contribution is -2.49. The van der Waals surface area contributed by atoms with Crippen molar-refractivity contribution in [1.29, 1.82) is 0 Å². The molecule has 0 spiro atoms. The molecule has 0 aromatic carbocycles. The number of hydrogen-bond acceptors (Lipinski definition) is 5. The van der Waals surface area contributed by atoms with Crippen molar-refractivity contribution in [1.82, 2.24) is 14.9 Å². The molecule has 0 aromatic rings. The summed E-state index contributed by atoms with van der Waals surface area (Å²) in [6.07, 6.45) is 1.76. The Bertz CT molecular complexity index is 458. The standard InChI is InChI=1S/C12H24N4O4S/c1-2-7-21(19,20)16-5-3-10(4-6-16)15-12(18)9-14-11(17)8-13/h10H,2-9,13H2,1H3,(H,14,17)(H,15,18). The second-order valence-electron chi connectivity index (χ2n) is 5.04. The largest absolute Gasteiger partial charge is 0.352 e. The molecule has 1 heterocycles. The third-order valence-corrected chi connectivity index (χ3v) is 5.38. The first-order valence-corrected chi connectivity index (χ1v) is 8.74. The monoisotopic (exact) mass is 320 g/mol. The molecular formula is C12H24N4O4S. The summed E-state index contributed by atoms with van der Waals surface area (Å²) in [5.74, 6) is -0.507. The Morgan fingerprint density at radius 1 is 1.24 bits per heavy atom. The quantitative estimate of drug-likeness (QED) is 0.520. The fraction of sp³-hybridized carbons (Fsp3) is 0.833. The van der Waals surface area contributed by atoms with Crippen LogP contribution in [0.5, 0.6) is 0 Å². The minimum absolute atomic E-state index is 0.0552. The van der Waals surface area contributed by atoms with E-state index in [0.29, 0.717) is 32.4 Å². The summed E-state index contributed by atoms with van der Waals surface area (Å²) in [6.45, 7) is 2.41. The molecule has 8 nitrogen and oxygen atoms in total. The Labute approximate surface area is 125 Å². The van der Waals surface area contributed by atoms with E-state index in [2.05, 4.69) is 10.6 Å². The van der Waals surface area contributed by atoms with Crippen molar-refractivity contribution in [3.63, 3.8) is 0 Å². The molecule has 0 radical (unpaired) electrons. The van der Waals surface area contributed by atoms with Crippen LogP contribution in [-0.4, -0.2) is 62.5 Å². The number of piperidine rings is 1. The third-order valence-electron chi connectivity index (χ3n) is 3.31. The first-order chi connectivity index (χ1) is 9.89. The van der Waals surface area contributed by atoms with Crippen molar-refractivity contribution in [3.05, 3.63) is 0 Å². The lowest BCUT2D eigenvalue weighted by molar-refractivity contribution is -0.125. The maximum absolute atomic E-state index is 11.9. The lowest BCUT2D eigenvalue weighted by atomic mass is 10.1. The van der Waals surface area contributed by atoms with Gasteiger partial charge in [0.05, 0.1) is 18.8 Å². The van der Waals surface area contributed by atoms with Gasteiger partial charge in [-0.05, 0) is 19.3 Å². The Morgan fingerprint density at radius 3 is 2.38 bits per heavy atom. The maximum atomic E-state index is 11.9. The van der Waals surface area contributed by atoms with Crippen LogP contribution >= 0.6 is 0 Å². The van der Waals surface area contributed by atoms with E-state index in [1.54, 1.807) is 0 Å². The van der Waals surface area contributed by atoms with E-state index < -0.39 is 10.0 Å². The number of amides is 2. The number of rotatable bonds is 7. The molecule has 21 heavy (non-hydrogen) atoms. The van der Waals surface area contributed by atoms with Crippen LogP contribution in [-0.2, 0) is 19.6 Å². The fourth-order valence-corrected chi connectivity index (χ4v) is 3.74. The van der Waals surface area contributed by atoms with Gasteiger partial charge in [0.1, 0.15) is 0 Å². The average molecular weight is 320 g/mol. The van der Waals surface area contributed by atoms with Crippen LogP contribution in [0.3, 0.4) is 0 Å². The molecule has 9 heteroatoms. The van der Waals surface area contributed by atoms with Gasteiger partial charge in [-0.25, -0.2) is 12.7 Å². The van der Waals surface area contributed by atoms with Gasteiger partial charge in [0.15, 0.2) is 0 Å². The first-order valence-electron chi connectivity index (χ1n) is 7.13. The summed E-state index contributed by atoms with van der Waals surface area (Å²) < 4.78 is 25.3. The van der Waals surface area contributed by atoms with E-state index in [1.165, 1.54) is 4.31 Å². The number of carbonyl (C=O) groups excluding carboxylic acids is 2. The topological polar surface area (TPSA) is 122 Å². The molecule has 122 valence electrons. The van der Waals surface area contributed by atoms with Crippen molar-refractivity contribution in [2.45, 2.75) is 32.2 Å². The molecule has 1 aliphatic rings. The smallest absolute Gasteiger partial charge is 0.239 e. The second kappa shape index (κ2) is 8.30. The molecule has 1 saturated heterocycles. The van der Waals surface area contributed by atoms with Crippen LogP contribution in [0, 0.1) is 0 Å². The molecule has 0 saturated carbocycles. The Hall–Kier alpha value is -1.19. The zero-order chi connectivity index (χ0) is 15.9. The summed E-state index contributed by atoms with van der Waals surface area (Å²) in [4.78, 5) is 22.5. The highest BCUT2D eigenvalue weighted by Crippen LogP contribution is 2.14. The molecular weight excluding hydrogens is 296 g/mol. The van der Waals surface area contributed by atoms with E-state index >= 15 is 0 Å². The maximum Gasteiger partial charge on any atom is 0.239 e. The summed E-state index contributed by atoms with van der Waals surface area (Å²) >= 11 is 0. The minimum atomic E-state index is -3.16. The van der Waals surface area contributed by atoms with Gasteiger partial charge in [0.2, 0.25) is 21.8 Å². The number of nitrogens with one attached hydrogen (secondary N) is 2. The molecule has 4 N–H and O–H groups in total. The zero-order valence-corrected chi connectivity index (χ0v) is 13.1. The van der Waals surface area contributed by atoms with Gasteiger partial charge in [-0.3, -0.25) is 9.59 Å². The van der Waals surface area contributed by atoms with Crippen molar-refractivity contribution in [2.75, 3.05) is 31.9 Å². The summed E-state index contributed by atoms with van der Waals surface area (Å²) in [7, 11) is -3.16. The minimum Gasteiger partial charge on any atom is -0.352 e. The molecule has 0 unspecified atom stereocenters. The van der Waals surface area contributed by atoms with Gasteiger partial charge in [0, 0.05) is 19.1 Å². The average Bonchev–Trinajstić information content (AvgIpc) is 2.45. The predicted octanol–water partition coefficient (Wildman–Crippen LogP) is -1.62. The highest BCUT2D eigenvalue weighted by atomic mass is 32.2. The van der Waals surface area contributed by atoms with Crippen LogP contribution in [0.15, 0.2) is 0 Å². The number of sulfonamides is 1. The van der Waals surface area contributed by atoms with Crippen molar-refractivity contribution >= 4 is 21.8 Å². The molecule has 1 aliphatic heterocycles. The van der Waals surface area contributed by atoms with Crippen molar-refractivity contribution in [2.24, 2.45) is 5.73 Å². The van der Waals surface area contributed by atoms with Gasteiger partial charge in [-0.1, -0.05) is 6.92 Å². The van der Waals surface area contributed by atoms with Gasteiger partial charge in [-0.2, -0.15) is 0 Å². The van der Waals surface area contributed by atoms with Crippen LogP contribution in [0.4, 0.5) is 0 Å². The highest BCUT2D eigenvalue weighted by molar-refractivity contribution is 7.89. The van der Waals surface area contributed by atoms with E-state index in [9.17, 15) is 18.0 Å². The Balaban J connectivity index is 2.33. The van der Waals surface area contributed by atoms with Gasteiger partial charge < -0.3 is 16.4 Å². The molecule has 1 fully saturated rings. The molecule has 2 amide bonds.